The van der Waals surface area contributed by atoms with Gasteiger partial charge >= 0.3 is 5.97 Å². The number of carboxylic acids is 1. The SMILES string of the molecule is COCC1(OC)CCC(N)(C(=O)O)CC1.Cl. The molecule has 0 heterocycles. The lowest BCUT2D eigenvalue weighted by atomic mass is 9.74. The van der Waals surface area contributed by atoms with Crippen LogP contribution in [0.5, 0.6) is 0 Å². The minimum Gasteiger partial charge on any atom is -0.480 e. The Hall–Kier alpha value is -0.360. The number of hydrogen-bond acceptors (Lipinski definition) is 4. The lowest BCUT2D eigenvalue weighted by Crippen LogP contribution is -2.55. The average molecular weight is 254 g/mol. The molecule has 0 aromatic rings. The van der Waals surface area contributed by atoms with Gasteiger partial charge in [0.2, 0.25) is 0 Å². The number of aliphatic carboxylic acids is 1. The lowest BCUT2D eigenvalue weighted by molar-refractivity contribution is -0.150. The van der Waals surface area contributed by atoms with Crippen molar-refractivity contribution in [1.82, 2.24) is 0 Å². The molecule has 0 aromatic carbocycles. The molecule has 3 N–H and O–H groups in total. The topological polar surface area (TPSA) is 81.8 Å². The van der Waals surface area contributed by atoms with E-state index in [0.29, 0.717) is 32.3 Å². The third kappa shape index (κ3) is 3.07. The van der Waals surface area contributed by atoms with Crippen LogP contribution in [0.25, 0.3) is 0 Å². The van der Waals surface area contributed by atoms with Crippen LogP contribution in [0.4, 0.5) is 0 Å². The van der Waals surface area contributed by atoms with E-state index in [0.717, 1.165) is 0 Å². The van der Waals surface area contributed by atoms with Crippen LogP contribution >= 0.6 is 12.4 Å². The normalized spacial score (nSPS) is 34.2. The monoisotopic (exact) mass is 253 g/mol. The molecule has 0 saturated heterocycles. The van der Waals surface area contributed by atoms with Gasteiger partial charge in [0, 0.05) is 14.2 Å². The molecule has 16 heavy (non-hydrogen) atoms. The highest BCUT2D eigenvalue weighted by molar-refractivity contribution is 5.85. The molecule has 0 aliphatic heterocycles. The molecule has 1 aliphatic rings. The van der Waals surface area contributed by atoms with E-state index < -0.39 is 11.5 Å². The number of ether oxygens (including phenoxy) is 2. The summed E-state index contributed by atoms with van der Waals surface area (Å²) in [6.45, 7) is 0.485. The van der Waals surface area contributed by atoms with Crippen molar-refractivity contribution in [1.29, 1.82) is 0 Å². The average Bonchev–Trinajstić information content (AvgIpc) is 2.22. The second-order valence-corrected chi connectivity index (χ2v) is 4.28. The Morgan fingerprint density at radius 3 is 2.12 bits per heavy atom. The van der Waals surface area contributed by atoms with Crippen molar-refractivity contribution in [3.05, 3.63) is 0 Å². The zero-order valence-electron chi connectivity index (χ0n) is 9.69. The van der Waals surface area contributed by atoms with E-state index in [1.807, 2.05) is 0 Å². The smallest absolute Gasteiger partial charge is 0.323 e. The van der Waals surface area contributed by atoms with Crippen LogP contribution in [0.3, 0.4) is 0 Å². The first-order valence-corrected chi connectivity index (χ1v) is 5.04. The molecule has 1 fully saturated rings. The third-order valence-electron chi connectivity index (χ3n) is 3.32. The van der Waals surface area contributed by atoms with E-state index in [1.165, 1.54) is 0 Å². The summed E-state index contributed by atoms with van der Waals surface area (Å²) in [5.41, 5.74) is 4.34. The minimum absolute atomic E-state index is 0. The second-order valence-electron chi connectivity index (χ2n) is 4.28. The van der Waals surface area contributed by atoms with Crippen LogP contribution in [-0.2, 0) is 14.3 Å². The Kier molecular flexibility index (Phi) is 5.69. The van der Waals surface area contributed by atoms with Crippen LogP contribution < -0.4 is 5.73 Å². The minimum atomic E-state index is -1.09. The molecule has 5 nitrogen and oxygen atoms in total. The molecule has 0 bridgehead atoms. The van der Waals surface area contributed by atoms with E-state index in [2.05, 4.69) is 0 Å². The fraction of sp³-hybridized carbons (Fsp3) is 0.900. The number of carboxylic acid groups (broad SMARTS) is 1. The fourth-order valence-corrected chi connectivity index (χ4v) is 2.04. The first-order valence-electron chi connectivity index (χ1n) is 5.04. The molecule has 0 radical (unpaired) electrons. The number of rotatable bonds is 4. The van der Waals surface area contributed by atoms with Gasteiger partial charge in [-0.3, -0.25) is 4.79 Å². The van der Waals surface area contributed by atoms with Crippen molar-refractivity contribution in [3.63, 3.8) is 0 Å². The standard InChI is InChI=1S/C10H19NO4.ClH/c1-14-7-9(15-2)3-5-10(11,6-4-9)8(12)13;/h3-7,11H2,1-2H3,(H,12,13);1H. The van der Waals surface area contributed by atoms with Crippen molar-refractivity contribution in [2.75, 3.05) is 20.8 Å². The molecule has 1 saturated carbocycles. The summed E-state index contributed by atoms with van der Waals surface area (Å²) < 4.78 is 10.5. The molecule has 0 aromatic heterocycles. The maximum atomic E-state index is 10.9. The molecule has 0 unspecified atom stereocenters. The van der Waals surface area contributed by atoms with Gasteiger partial charge in [0.05, 0.1) is 12.2 Å². The molecule has 0 amide bonds. The number of hydrogen-bond donors (Lipinski definition) is 2. The maximum absolute atomic E-state index is 10.9. The molecular formula is C10H20ClNO4. The van der Waals surface area contributed by atoms with E-state index in [-0.39, 0.29) is 18.0 Å². The van der Waals surface area contributed by atoms with Gasteiger partial charge in [0.25, 0.3) is 0 Å². The molecular weight excluding hydrogens is 234 g/mol. The first kappa shape index (κ1) is 15.6. The number of methoxy groups -OCH3 is 2. The zero-order chi connectivity index (χ0) is 11.5. The fourth-order valence-electron chi connectivity index (χ4n) is 2.04. The summed E-state index contributed by atoms with van der Waals surface area (Å²) >= 11 is 0. The predicted octanol–water partition coefficient (Wildman–Crippen LogP) is 0.796. The Labute approximate surface area is 102 Å². The van der Waals surface area contributed by atoms with Gasteiger partial charge in [-0.2, -0.15) is 0 Å². The molecule has 0 atom stereocenters. The third-order valence-corrected chi connectivity index (χ3v) is 3.32. The predicted molar refractivity (Wildman–Crippen MR) is 61.9 cm³/mol. The van der Waals surface area contributed by atoms with Gasteiger partial charge < -0.3 is 20.3 Å². The Bertz CT molecular complexity index is 239. The van der Waals surface area contributed by atoms with Crippen LogP contribution in [0.1, 0.15) is 25.7 Å². The van der Waals surface area contributed by atoms with Crippen molar-refractivity contribution in [3.8, 4) is 0 Å². The van der Waals surface area contributed by atoms with Crippen LogP contribution in [0, 0.1) is 0 Å². The van der Waals surface area contributed by atoms with Gasteiger partial charge in [0.1, 0.15) is 5.54 Å². The van der Waals surface area contributed by atoms with E-state index >= 15 is 0 Å². The van der Waals surface area contributed by atoms with Crippen molar-refractivity contribution in [2.24, 2.45) is 5.73 Å². The van der Waals surface area contributed by atoms with E-state index in [9.17, 15) is 4.79 Å². The summed E-state index contributed by atoms with van der Waals surface area (Å²) in [6.07, 6.45) is 2.11. The van der Waals surface area contributed by atoms with E-state index in [1.54, 1.807) is 14.2 Å². The summed E-state index contributed by atoms with van der Waals surface area (Å²) in [5.74, 6) is -0.926. The highest BCUT2D eigenvalue weighted by Crippen LogP contribution is 2.36. The van der Waals surface area contributed by atoms with Crippen molar-refractivity contribution in [2.45, 2.75) is 36.8 Å². The first-order chi connectivity index (χ1) is 6.98. The highest BCUT2D eigenvalue weighted by atomic mass is 35.5. The zero-order valence-corrected chi connectivity index (χ0v) is 10.5. The van der Waals surface area contributed by atoms with Gasteiger partial charge in [-0.15, -0.1) is 12.4 Å². The molecule has 6 heteroatoms. The summed E-state index contributed by atoms with van der Waals surface area (Å²) in [5, 5.41) is 8.97. The Balaban J connectivity index is 0.00000225. The summed E-state index contributed by atoms with van der Waals surface area (Å²) in [7, 11) is 3.24. The molecule has 1 rings (SSSR count). The van der Waals surface area contributed by atoms with Crippen molar-refractivity contribution < 1.29 is 19.4 Å². The summed E-state index contributed by atoms with van der Waals surface area (Å²) in [4.78, 5) is 10.9. The highest BCUT2D eigenvalue weighted by Gasteiger charge is 2.45. The number of carbonyl (C=O) groups is 1. The van der Waals surface area contributed by atoms with Crippen LogP contribution in [0.15, 0.2) is 0 Å². The molecule has 96 valence electrons. The molecule has 1 aliphatic carbocycles. The number of nitrogens with two attached hydrogens (primary N) is 1. The van der Waals surface area contributed by atoms with Crippen LogP contribution in [0.2, 0.25) is 0 Å². The van der Waals surface area contributed by atoms with Crippen LogP contribution in [-0.4, -0.2) is 43.0 Å². The Morgan fingerprint density at radius 2 is 1.81 bits per heavy atom. The lowest BCUT2D eigenvalue weighted by Gasteiger charge is -2.41. The van der Waals surface area contributed by atoms with E-state index in [4.69, 9.17) is 20.3 Å². The van der Waals surface area contributed by atoms with Gasteiger partial charge in [-0.05, 0) is 25.7 Å². The Morgan fingerprint density at radius 1 is 1.31 bits per heavy atom. The number of halogens is 1. The quantitative estimate of drug-likeness (QED) is 0.774. The second kappa shape index (κ2) is 5.82. The van der Waals surface area contributed by atoms with Gasteiger partial charge in [-0.1, -0.05) is 0 Å². The van der Waals surface area contributed by atoms with Gasteiger partial charge in [0.15, 0.2) is 0 Å². The van der Waals surface area contributed by atoms with Gasteiger partial charge in [-0.25, -0.2) is 0 Å². The largest absolute Gasteiger partial charge is 0.480 e. The molecule has 0 spiro atoms. The van der Waals surface area contributed by atoms with Crippen molar-refractivity contribution >= 4 is 18.4 Å². The maximum Gasteiger partial charge on any atom is 0.323 e. The summed E-state index contributed by atoms with van der Waals surface area (Å²) in [6, 6.07) is 0.